The van der Waals surface area contributed by atoms with Gasteiger partial charge < -0.3 is 9.73 Å². The lowest BCUT2D eigenvalue weighted by Gasteiger charge is -2.35. The van der Waals surface area contributed by atoms with E-state index in [1.807, 2.05) is 32.9 Å². The smallest absolute Gasteiger partial charge is 0.277 e. The number of nitrogens with one attached hydrogen (secondary N) is 1. The van der Waals surface area contributed by atoms with E-state index in [1.54, 1.807) is 0 Å². The van der Waals surface area contributed by atoms with Crippen LogP contribution in [0.5, 0.6) is 0 Å². The summed E-state index contributed by atoms with van der Waals surface area (Å²) in [5.41, 5.74) is 3.22. The molecule has 5 nitrogen and oxygen atoms in total. The predicted octanol–water partition coefficient (Wildman–Crippen LogP) is 4.77. The van der Waals surface area contributed by atoms with E-state index in [2.05, 4.69) is 35.4 Å². The van der Waals surface area contributed by atoms with Crippen LogP contribution in [0.25, 0.3) is 11.5 Å². The molecule has 6 heteroatoms. The molecule has 27 heavy (non-hydrogen) atoms. The molecule has 1 aliphatic rings. The number of amides is 1. The van der Waals surface area contributed by atoms with E-state index in [1.165, 1.54) is 24.6 Å². The van der Waals surface area contributed by atoms with E-state index in [0.717, 1.165) is 23.1 Å². The van der Waals surface area contributed by atoms with Gasteiger partial charge in [-0.25, -0.2) is 0 Å². The summed E-state index contributed by atoms with van der Waals surface area (Å²) < 4.78 is 5.79. The number of hydrogen-bond acceptors (Lipinski definition) is 5. The molecule has 0 bridgehead atoms. The van der Waals surface area contributed by atoms with Gasteiger partial charge >= 0.3 is 0 Å². The minimum absolute atomic E-state index is 0.0390. The van der Waals surface area contributed by atoms with Crippen LogP contribution in [-0.4, -0.2) is 27.4 Å². The number of carbonyl (C=O) groups is 1. The summed E-state index contributed by atoms with van der Waals surface area (Å²) in [5.74, 6) is 1.70. The van der Waals surface area contributed by atoms with E-state index in [9.17, 15) is 4.79 Å². The third-order valence-corrected chi connectivity index (χ3v) is 6.49. The quantitative estimate of drug-likeness (QED) is 0.748. The maximum Gasteiger partial charge on any atom is 0.277 e. The minimum Gasteiger partial charge on any atom is -0.411 e. The molecule has 1 fully saturated rings. The summed E-state index contributed by atoms with van der Waals surface area (Å²) >= 11 is 1.31. The number of benzene rings is 1. The zero-order valence-electron chi connectivity index (χ0n) is 16.8. The van der Waals surface area contributed by atoms with Crippen molar-refractivity contribution in [2.24, 2.45) is 11.8 Å². The van der Waals surface area contributed by atoms with Crippen molar-refractivity contribution in [1.82, 2.24) is 15.5 Å². The van der Waals surface area contributed by atoms with Crippen LogP contribution in [0.15, 0.2) is 27.8 Å². The van der Waals surface area contributed by atoms with E-state index in [4.69, 9.17) is 4.42 Å². The summed E-state index contributed by atoms with van der Waals surface area (Å²) in [4.78, 5) is 12.6. The van der Waals surface area contributed by atoms with Crippen molar-refractivity contribution >= 4 is 17.7 Å². The molecule has 1 heterocycles. The molecule has 2 aromatic rings. The molecule has 0 saturated heterocycles. The van der Waals surface area contributed by atoms with Crippen molar-refractivity contribution < 1.29 is 9.21 Å². The number of nitrogens with zero attached hydrogens (tertiary/aromatic N) is 2. The van der Waals surface area contributed by atoms with Gasteiger partial charge in [0.15, 0.2) is 0 Å². The Morgan fingerprint density at radius 2 is 1.89 bits per heavy atom. The molecular formula is C21H29N3O2S. The summed E-state index contributed by atoms with van der Waals surface area (Å²) in [6, 6.07) is 6.42. The molecule has 1 N–H and O–H groups in total. The Morgan fingerprint density at radius 3 is 2.59 bits per heavy atom. The molecule has 3 rings (SSSR count). The van der Waals surface area contributed by atoms with Crippen LogP contribution in [0.3, 0.4) is 0 Å². The number of rotatable bonds is 5. The number of thioether (sulfide) groups is 1. The molecule has 1 saturated carbocycles. The van der Waals surface area contributed by atoms with Crippen LogP contribution in [0.2, 0.25) is 0 Å². The highest BCUT2D eigenvalue weighted by atomic mass is 32.2. The largest absolute Gasteiger partial charge is 0.411 e. The third-order valence-electron chi connectivity index (χ3n) is 5.56. The second kappa shape index (κ2) is 8.46. The molecule has 1 amide bonds. The Hall–Kier alpha value is -1.82. The van der Waals surface area contributed by atoms with Gasteiger partial charge in [-0.1, -0.05) is 55.6 Å². The standard InChI is InChI=1S/C21H29N3O2S/c1-12-9-13(2)11-17(10-12)20-23-24-21(26-20)27-16(5)19(25)22-18-8-6-7-14(3)15(18)4/h9-11,14-16,18H,6-8H2,1-5H3,(H,22,25)/t14-,15-,16+,18-/m0/s1. The molecular weight excluding hydrogens is 358 g/mol. The van der Waals surface area contributed by atoms with Crippen molar-refractivity contribution in [1.29, 1.82) is 0 Å². The topological polar surface area (TPSA) is 68.0 Å². The van der Waals surface area contributed by atoms with Gasteiger partial charge in [0.25, 0.3) is 5.22 Å². The lowest BCUT2D eigenvalue weighted by Crippen LogP contribution is -2.46. The van der Waals surface area contributed by atoms with Crippen LogP contribution < -0.4 is 5.32 Å². The fourth-order valence-electron chi connectivity index (χ4n) is 3.76. The van der Waals surface area contributed by atoms with Crippen molar-refractivity contribution in [3.8, 4) is 11.5 Å². The first-order chi connectivity index (χ1) is 12.8. The Morgan fingerprint density at radius 1 is 1.19 bits per heavy atom. The lowest BCUT2D eigenvalue weighted by atomic mass is 9.78. The van der Waals surface area contributed by atoms with Crippen LogP contribution in [0.4, 0.5) is 0 Å². The molecule has 0 radical (unpaired) electrons. The maximum absolute atomic E-state index is 12.6. The highest BCUT2D eigenvalue weighted by molar-refractivity contribution is 8.00. The Bertz CT molecular complexity index is 784. The summed E-state index contributed by atoms with van der Waals surface area (Å²) in [5, 5.41) is 11.6. The average molecular weight is 388 g/mol. The molecule has 1 aromatic carbocycles. The van der Waals surface area contributed by atoms with Gasteiger partial charge in [0, 0.05) is 11.6 Å². The van der Waals surface area contributed by atoms with Gasteiger partial charge in [-0.05, 0) is 51.2 Å². The second-order valence-electron chi connectivity index (χ2n) is 7.89. The van der Waals surface area contributed by atoms with Crippen LogP contribution in [-0.2, 0) is 4.79 Å². The third kappa shape index (κ3) is 4.92. The molecule has 4 atom stereocenters. The fourth-order valence-corrected chi connectivity index (χ4v) is 4.46. The summed E-state index contributed by atoms with van der Waals surface area (Å²) in [7, 11) is 0. The monoisotopic (exact) mass is 387 g/mol. The van der Waals surface area contributed by atoms with Crippen LogP contribution in [0.1, 0.15) is 51.2 Å². The average Bonchev–Trinajstić information content (AvgIpc) is 3.06. The number of aryl methyl sites for hydroxylation is 2. The first-order valence-corrected chi connectivity index (χ1v) is 10.6. The Kier molecular flexibility index (Phi) is 6.25. The molecule has 1 aromatic heterocycles. The highest BCUT2D eigenvalue weighted by Gasteiger charge is 2.30. The second-order valence-corrected chi connectivity index (χ2v) is 9.18. The lowest BCUT2D eigenvalue weighted by molar-refractivity contribution is -0.121. The van der Waals surface area contributed by atoms with Crippen LogP contribution >= 0.6 is 11.8 Å². The van der Waals surface area contributed by atoms with Crippen molar-refractivity contribution in [2.75, 3.05) is 0 Å². The van der Waals surface area contributed by atoms with Crippen molar-refractivity contribution in [3.63, 3.8) is 0 Å². The van der Waals surface area contributed by atoms with Crippen molar-refractivity contribution in [3.05, 3.63) is 29.3 Å². The molecule has 0 aliphatic heterocycles. The van der Waals surface area contributed by atoms with E-state index < -0.39 is 0 Å². The first-order valence-electron chi connectivity index (χ1n) is 9.72. The van der Waals surface area contributed by atoms with Gasteiger partial charge in [-0.2, -0.15) is 0 Å². The zero-order chi connectivity index (χ0) is 19.6. The molecule has 0 spiro atoms. The van der Waals surface area contributed by atoms with E-state index in [-0.39, 0.29) is 17.2 Å². The molecule has 1 aliphatic carbocycles. The number of aromatic nitrogens is 2. The van der Waals surface area contributed by atoms with Gasteiger partial charge in [0.2, 0.25) is 11.8 Å². The molecule has 0 unspecified atom stereocenters. The fraction of sp³-hybridized carbons (Fsp3) is 0.571. The maximum atomic E-state index is 12.6. The number of carbonyl (C=O) groups excluding carboxylic acids is 1. The zero-order valence-corrected chi connectivity index (χ0v) is 17.6. The minimum atomic E-state index is -0.276. The Labute approximate surface area is 165 Å². The molecule has 146 valence electrons. The van der Waals surface area contributed by atoms with Gasteiger partial charge in [0.1, 0.15) is 0 Å². The van der Waals surface area contributed by atoms with E-state index >= 15 is 0 Å². The van der Waals surface area contributed by atoms with E-state index in [0.29, 0.717) is 22.9 Å². The van der Waals surface area contributed by atoms with Gasteiger partial charge in [-0.15, -0.1) is 10.2 Å². The first kappa shape index (κ1) is 19.9. The number of hydrogen-bond donors (Lipinski definition) is 1. The predicted molar refractivity (Wildman–Crippen MR) is 109 cm³/mol. The normalized spacial score (nSPS) is 23.8. The summed E-state index contributed by atoms with van der Waals surface area (Å²) in [6.45, 7) is 10.5. The highest BCUT2D eigenvalue weighted by Crippen LogP contribution is 2.31. The summed E-state index contributed by atoms with van der Waals surface area (Å²) in [6.07, 6.45) is 3.49. The van der Waals surface area contributed by atoms with Gasteiger partial charge in [0.05, 0.1) is 5.25 Å². The van der Waals surface area contributed by atoms with Crippen LogP contribution in [0, 0.1) is 25.7 Å². The SMILES string of the molecule is Cc1cc(C)cc(-c2nnc(S[C@H](C)C(=O)N[C@H]3CCC[C@H](C)[C@@H]3C)o2)c1. The van der Waals surface area contributed by atoms with Gasteiger partial charge in [-0.3, -0.25) is 4.79 Å². The van der Waals surface area contributed by atoms with Crippen molar-refractivity contribution in [2.45, 2.75) is 70.4 Å². The Balaban J connectivity index is 1.61.